The highest BCUT2D eigenvalue weighted by Crippen LogP contribution is 2.28. The van der Waals surface area contributed by atoms with Crippen LogP contribution in [0.15, 0.2) is 48.5 Å². The predicted octanol–water partition coefficient (Wildman–Crippen LogP) is 4.25. The van der Waals surface area contributed by atoms with E-state index in [2.05, 4.69) is 11.8 Å². The summed E-state index contributed by atoms with van der Waals surface area (Å²) in [7, 11) is 0. The lowest BCUT2D eigenvalue weighted by Crippen LogP contribution is -2.17. The standard InChI is InChI=1S/C20H18O3/c1-2-13-22-20(21)23-19-14-17-9-4-3-7-15(17)11-12-16-8-5-6-10-18(16)19/h3-10,19H,2,13-14H2,1H3. The summed E-state index contributed by atoms with van der Waals surface area (Å²) >= 11 is 0. The molecule has 0 aromatic heterocycles. The first-order valence-corrected chi connectivity index (χ1v) is 7.80. The van der Waals surface area contributed by atoms with Gasteiger partial charge in [0, 0.05) is 23.1 Å². The Bertz CT molecular complexity index is 768. The molecule has 0 radical (unpaired) electrons. The summed E-state index contributed by atoms with van der Waals surface area (Å²) in [5.41, 5.74) is 3.85. The Morgan fingerprint density at radius 2 is 1.78 bits per heavy atom. The van der Waals surface area contributed by atoms with Gasteiger partial charge in [0.2, 0.25) is 0 Å². The van der Waals surface area contributed by atoms with E-state index in [9.17, 15) is 4.79 Å². The summed E-state index contributed by atoms with van der Waals surface area (Å²) in [5, 5.41) is 0. The molecule has 0 bridgehead atoms. The van der Waals surface area contributed by atoms with Crippen molar-refractivity contribution in [1.82, 2.24) is 0 Å². The monoisotopic (exact) mass is 306 g/mol. The van der Waals surface area contributed by atoms with Crippen LogP contribution in [0.2, 0.25) is 0 Å². The highest BCUT2D eigenvalue weighted by atomic mass is 16.7. The van der Waals surface area contributed by atoms with Crippen LogP contribution in [0.5, 0.6) is 0 Å². The summed E-state index contributed by atoms with van der Waals surface area (Å²) in [6, 6.07) is 15.7. The molecule has 0 saturated heterocycles. The molecule has 2 aromatic rings. The molecule has 3 rings (SSSR count). The van der Waals surface area contributed by atoms with Crippen molar-refractivity contribution in [1.29, 1.82) is 0 Å². The fourth-order valence-corrected chi connectivity index (χ4v) is 2.60. The summed E-state index contributed by atoms with van der Waals surface area (Å²) in [6.07, 6.45) is 0.331. The molecule has 0 saturated carbocycles. The van der Waals surface area contributed by atoms with Crippen molar-refractivity contribution < 1.29 is 14.3 Å². The van der Waals surface area contributed by atoms with Crippen LogP contribution in [-0.2, 0) is 15.9 Å². The van der Waals surface area contributed by atoms with Gasteiger partial charge in [-0.25, -0.2) is 4.79 Å². The molecule has 116 valence electrons. The van der Waals surface area contributed by atoms with Crippen molar-refractivity contribution in [2.24, 2.45) is 0 Å². The van der Waals surface area contributed by atoms with Gasteiger partial charge in [-0.3, -0.25) is 0 Å². The second-order valence-corrected chi connectivity index (χ2v) is 5.40. The second-order valence-electron chi connectivity index (χ2n) is 5.40. The summed E-state index contributed by atoms with van der Waals surface area (Å²) in [4.78, 5) is 11.9. The SMILES string of the molecule is CCCOC(=O)OC1Cc2ccccc2C#Cc2ccccc21. The van der Waals surface area contributed by atoms with E-state index in [1.165, 1.54) is 0 Å². The van der Waals surface area contributed by atoms with Crippen LogP contribution < -0.4 is 0 Å². The van der Waals surface area contributed by atoms with E-state index in [1.54, 1.807) is 0 Å². The van der Waals surface area contributed by atoms with E-state index in [0.29, 0.717) is 13.0 Å². The summed E-state index contributed by atoms with van der Waals surface area (Å²) in [6.45, 7) is 2.31. The fraction of sp³-hybridized carbons (Fsp3) is 0.250. The van der Waals surface area contributed by atoms with Crippen molar-refractivity contribution in [2.45, 2.75) is 25.9 Å². The zero-order valence-electron chi connectivity index (χ0n) is 13.0. The predicted molar refractivity (Wildman–Crippen MR) is 88.0 cm³/mol. The van der Waals surface area contributed by atoms with Gasteiger partial charge in [0.15, 0.2) is 0 Å². The second kappa shape index (κ2) is 7.02. The van der Waals surface area contributed by atoms with E-state index in [1.807, 2.05) is 55.5 Å². The summed E-state index contributed by atoms with van der Waals surface area (Å²) in [5.74, 6) is 6.39. The molecule has 0 aliphatic heterocycles. The minimum absolute atomic E-state index is 0.365. The number of rotatable bonds is 3. The van der Waals surface area contributed by atoms with Crippen LogP contribution in [0.25, 0.3) is 0 Å². The normalized spacial score (nSPS) is 15.1. The topological polar surface area (TPSA) is 35.5 Å². The molecule has 1 atom stereocenters. The first-order valence-electron chi connectivity index (χ1n) is 7.80. The molecular weight excluding hydrogens is 288 g/mol. The smallest absolute Gasteiger partial charge is 0.434 e. The molecule has 23 heavy (non-hydrogen) atoms. The number of benzene rings is 2. The molecule has 1 aliphatic rings. The maximum Gasteiger partial charge on any atom is 0.508 e. The van der Waals surface area contributed by atoms with Gasteiger partial charge in [0.25, 0.3) is 0 Å². The maximum atomic E-state index is 11.9. The number of carbonyl (C=O) groups excluding carboxylic acids is 1. The Kier molecular flexibility index (Phi) is 4.63. The molecule has 3 heteroatoms. The lowest BCUT2D eigenvalue weighted by atomic mass is 9.92. The maximum absolute atomic E-state index is 11.9. The highest BCUT2D eigenvalue weighted by Gasteiger charge is 2.22. The molecular formula is C20H18O3. The Morgan fingerprint density at radius 1 is 1.09 bits per heavy atom. The van der Waals surface area contributed by atoms with Crippen LogP contribution in [0.3, 0.4) is 0 Å². The van der Waals surface area contributed by atoms with Gasteiger partial charge in [-0.15, -0.1) is 0 Å². The molecule has 1 aliphatic carbocycles. The molecule has 0 heterocycles. The molecule has 0 amide bonds. The van der Waals surface area contributed by atoms with E-state index >= 15 is 0 Å². The van der Waals surface area contributed by atoms with Gasteiger partial charge in [-0.2, -0.15) is 0 Å². The van der Waals surface area contributed by atoms with Crippen molar-refractivity contribution in [2.75, 3.05) is 6.61 Å². The van der Waals surface area contributed by atoms with E-state index < -0.39 is 12.3 Å². The van der Waals surface area contributed by atoms with Gasteiger partial charge < -0.3 is 9.47 Å². The van der Waals surface area contributed by atoms with Crippen molar-refractivity contribution in [3.63, 3.8) is 0 Å². The molecule has 0 spiro atoms. The van der Waals surface area contributed by atoms with Crippen molar-refractivity contribution in [3.05, 3.63) is 70.8 Å². The number of hydrogen-bond donors (Lipinski definition) is 0. The molecule has 0 N–H and O–H groups in total. The third-order valence-corrected chi connectivity index (χ3v) is 3.72. The number of ether oxygens (including phenoxy) is 2. The van der Waals surface area contributed by atoms with Crippen molar-refractivity contribution in [3.8, 4) is 11.8 Å². The number of carbonyl (C=O) groups is 1. The third kappa shape index (κ3) is 3.54. The van der Waals surface area contributed by atoms with Gasteiger partial charge in [0.1, 0.15) is 6.10 Å². The molecule has 1 unspecified atom stereocenters. The molecule has 0 fully saturated rings. The van der Waals surface area contributed by atoms with Gasteiger partial charge in [-0.1, -0.05) is 55.2 Å². The highest BCUT2D eigenvalue weighted by molar-refractivity contribution is 5.61. The molecule has 2 aromatic carbocycles. The zero-order valence-corrected chi connectivity index (χ0v) is 13.0. The fourth-order valence-electron chi connectivity index (χ4n) is 2.60. The Labute approximate surface area is 136 Å². The first-order chi connectivity index (χ1) is 11.3. The third-order valence-electron chi connectivity index (χ3n) is 3.72. The minimum atomic E-state index is -0.627. The average Bonchev–Trinajstić information content (AvgIpc) is 2.57. The van der Waals surface area contributed by atoms with E-state index in [-0.39, 0.29) is 0 Å². The van der Waals surface area contributed by atoms with Crippen LogP contribution >= 0.6 is 0 Å². The quantitative estimate of drug-likeness (QED) is 0.628. The number of hydrogen-bond acceptors (Lipinski definition) is 3. The van der Waals surface area contributed by atoms with Gasteiger partial charge in [-0.05, 0) is 24.1 Å². The average molecular weight is 306 g/mol. The Hall–Kier alpha value is -2.73. The molecule has 3 nitrogen and oxygen atoms in total. The first kappa shape index (κ1) is 15.2. The minimum Gasteiger partial charge on any atom is -0.434 e. The zero-order chi connectivity index (χ0) is 16.1. The van der Waals surface area contributed by atoms with Crippen molar-refractivity contribution >= 4 is 6.16 Å². The summed E-state index contributed by atoms with van der Waals surface area (Å²) < 4.78 is 10.7. The van der Waals surface area contributed by atoms with Gasteiger partial charge >= 0.3 is 6.16 Å². The Balaban J connectivity index is 1.96. The van der Waals surface area contributed by atoms with Crippen LogP contribution in [0.4, 0.5) is 4.79 Å². The van der Waals surface area contributed by atoms with Crippen LogP contribution in [-0.4, -0.2) is 12.8 Å². The lowest BCUT2D eigenvalue weighted by Gasteiger charge is -2.21. The van der Waals surface area contributed by atoms with Crippen LogP contribution in [0, 0.1) is 11.8 Å². The van der Waals surface area contributed by atoms with Gasteiger partial charge in [0.05, 0.1) is 6.61 Å². The van der Waals surface area contributed by atoms with E-state index in [4.69, 9.17) is 9.47 Å². The lowest BCUT2D eigenvalue weighted by molar-refractivity contribution is 0.0227. The largest absolute Gasteiger partial charge is 0.508 e. The Morgan fingerprint density at radius 3 is 2.61 bits per heavy atom. The van der Waals surface area contributed by atoms with Crippen LogP contribution in [0.1, 0.15) is 41.7 Å². The number of fused-ring (bicyclic) bond motifs is 2. The van der Waals surface area contributed by atoms with E-state index in [0.717, 1.165) is 28.7 Å².